The van der Waals surface area contributed by atoms with Crippen LogP contribution in [0.3, 0.4) is 0 Å². The standard InChI is InChI=1S/C21H25N5O3/c27-20-16-14(19-17(20)18(23-24-19)13-5-2-1-3-6-13)7-4-8-15(16)22-21(28)25-26-9-11-29-12-10-26/h4,7-8,13H,1-3,5-6,9-12H2,(H,23,24)(H2,22,25,28). The second kappa shape index (κ2) is 7.61. The van der Waals surface area contributed by atoms with E-state index in [-0.39, 0.29) is 11.8 Å². The monoisotopic (exact) mass is 395 g/mol. The van der Waals surface area contributed by atoms with Crippen molar-refractivity contribution < 1.29 is 14.3 Å². The summed E-state index contributed by atoms with van der Waals surface area (Å²) in [6, 6.07) is 5.16. The lowest BCUT2D eigenvalue weighted by Gasteiger charge is -2.27. The number of amides is 2. The number of nitrogens with one attached hydrogen (secondary N) is 3. The number of rotatable bonds is 3. The number of nitrogens with zero attached hydrogens (tertiary/aromatic N) is 2. The van der Waals surface area contributed by atoms with Crippen LogP contribution < -0.4 is 10.7 Å². The summed E-state index contributed by atoms with van der Waals surface area (Å²) in [6.07, 6.45) is 5.81. The molecule has 0 spiro atoms. The van der Waals surface area contributed by atoms with E-state index in [1.54, 1.807) is 6.07 Å². The number of hydrogen-bond acceptors (Lipinski definition) is 5. The fraction of sp³-hybridized carbons (Fsp3) is 0.476. The Hall–Kier alpha value is -2.71. The average Bonchev–Trinajstić information content (AvgIpc) is 3.30. The van der Waals surface area contributed by atoms with E-state index in [1.807, 2.05) is 17.1 Å². The van der Waals surface area contributed by atoms with Gasteiger partial charge < -0.3 is 10.1 Å². The number of anilines is 1. The molecule has 29 heavy (non-hydrogen) atoms. The predicted molar refractivity (Wildman–Crippen MR) is 108 cm³/mol. The number of aromatic nitrogens is 2. The van der Waals surface area contributed by atoms with E-state index in [1.165, 1.54) is 19.3 Å². The van der Waals surface area contributed by atoms with Gasteiger partial charge in [-0.15, -0.1) is 0 Å². The number of ketones is 1. The maximum Gasteiger partial charge on any atom is 0.333 e. The van der Waals surface area contributed by atoms with Gasteiger partial charge in [-0.05, 0) is 18.9 Å². The van der Waals surface area contributed by atoms with Gasteiger partial charge in [-0.1, -0.05) is 31.4 Å². The summed E-state index contributed by atoms with van der Waals surface area (Å²) in [4.78, 5) is 25.8. The molecule has 2 heterocycles. The summed E-state index contributed by atoms with van der Waals surface area (Å²) >= 11 is 0. The quantitative estimate of drug-likeness (QED) is 0.633. The number of carbonyl (C=O) groups excluding carboxylic acids is 2. The number of benzene rings is 1. The van der Waals surface area contributed by atoms with Crippen LogP contribution in [0.5, 0.6) is 0 Å². The molecule has 2 amide bonds. The van der Waals surface area contributed by atoms with Gasteiger partial charge in [-0.25, -0.2) is 9.80 Å². The Morgan fingerprint density at radius 1 is 1.14 bits per heavy atom. The van der Waals surface area contributed by atoms with Crippen molar-refractivity contribution in [1.82, 2.24) is 20.6 Å². The van der Waals surface area contributed by atoms with Gasteiger partial charge in [0.2, 0.25) is 0 Å². The second-order valence-electron chi connectivity index (χ2n) is 7.92. The maximum atomic E-state index is 13.3. The molecular formula is C21H25N5O3. The van der Waals surface area contributed by atoms with Crippen LogP contribution in [-0.2, 0) is 4.74 Å². The Kier molecular flexibility index (Phi) is 4.81. The maximum absolute atomic E-state index is 13.3. The predicted octanol–water partition coefficient (Wildman–Crippen LogP) is 3.04. The lowest BCUT2D eigenvalue weighted by atomic mass is 9.85. The van der Waals surface area contributed by atoms with E-state index < -0.39 is 0 Å². The number of fused-ring (bicyclic) bond motifs is 3. The van der Waals surface area contributed by atoms with E-state index in [0.717, 1.165) is 24.1 Å². The molecule has 1 saturated carbocycles. The molecule has 3 aliphatic rings. The molecule has 2 aromatic rings. The minimum atomic E-state index is -0.355. The first-order valence-corrected chi connectivity index (χ1v) is 10.4. The molecule has 0 radical (unpaired) electrons. The topological polar surface area (TPSA) is 99.3 Å². The molecule has 152 valence electrons. The van der Waals surface area contributed by atoms with E-state index in [9.17, 15) is 9.59 Å². The van der Waals surface area contributed by atoms with Gasteiger partial charge >= 0.3 is 6.03 Å². The summed E-state index contributed by atoms with van der Waals surface area (Å²) in [7, 11) is 0. The first kappa shape index (κ1) is 18.3. The highest BCUT2D eigenvalue weighted by atomic mass is 16.5. The summed E-state index contributed by atoms with van der Waals surface area (Å²) in [5.74, 6) is 0.311. The minimum absolute atomic E-state index is 0.0494. The van der Waals surface area contributed by atoms with Crippen molar-refractivity contribution in [3.63, 3.8) is 0 Å². The van der Waals surface area contributed by atoms with Crippen molar-refractivity contribution in [3.05, 3.63) is 35.0 Å². The lowest BCUT2D eigenvalue weighted by molar-refractivity contribution is 0.0207. The van der Waals surface area contributed by atoms with Gasteiger partial charge in [-0.2, -0.15) is 5.10 Å². The van der Waals surface area contributed by atoms with Crippen LogP contribution in [-0.4, -0.2) is 53.3 Å². The molecule has 8 nitrogen and oxygen atoms in total. The number of morpholine rings is 1. The Labute approximate surface area is 169 Å². The van der Waals surface area contributed by atoms with Crippen molar-refractivity contribution in [3.8, 4) is 11.3 Å². The zero-order valence-corrected chi connectivity index (χ0v) is 16.3. The summed E-state index contributed by atoms with van der Waals surface area (Å²) < 4.78 is 5.29. The number of aromatic amines is 1. The third-order valence-corrected chi connectivity index (χ3v) is 6.10. The molecule has 0 atom stereocenters. The van der Waals surface area contributed by atoms with Crippen LogP contribution in [0.25, 0.3) is 11.3 Å². The van der Waals surface area contributed by atoms with Crippen molar-refractivity contribution in [2.45, 2.75) is 38.0 Å². The highest BCUT2D eigenvalue weighted by Crippen LogP contribution is 2.44. The number of ether oxygens (including phenoxy) is 1. The normalized spacial score (nSPS) is 19.7. The average molecular weight is 395 g/mol. The molecule has 2 fully saturated rings. The molecule has 1 saturated heterocycles. The van der Waals surface area contributed by atoms with Crippen molar-refractivity contribution in [1.29, 1.82) is 0 Å². The van der Waals surface area contributed by atoms with E-state index in [0.29, 0.717) is 54.7 Å². The number of hydrazine groups is 1. The minimum Gasteiger partial charge on any atom is -0.379 e. The zero-order valence-electron chi connectivity index (χ0n) is 16.3. The summed E-state index contributed by atoms with van der Waals surface area (Å²) in [5, 5.41) is 12.3. The van der Waals surface area contributed by atoms with E-state index in [2.05, 4.69) is 20.9 Å². The van der Waals surface area contributed by atoms with E-state index in [4.69, 9.17) is 4.74 Å². The second-order valence-corrected chi connectivity index (χ2v) is 7.92. The molecule has 1 aromatic heterocycles. The van der Waals surface area contributed by atoms with Gasteiger partial charge in [0.25, 0.3) is 0 Å². The van der Waals surface area contributed by atoms with Gasteiger partial charge in [0.05, 0.1) is 35.7 Å². The molecule has 8 heteroatoms. The van der Waals surface area contributed by atoms with Gasteiger partial charge in [0.15, 0.2) is 5.78 Å². The van der Waals surface area contributed by atoms with Gasteiger partial charge in [0.1, 0.15) is 5.69 Å². The molecule has 5 rings (SSSR count). The van der Waals surface area contributed by atoms with Crippen molar-refractivity contribution in [2.75, 3.05) is 31.6 Å². The molecule has 0 bridgehead atoms. The molecule has 0 unspecified atom stereocenters. The fourth-order valence-corrected chi connectivity index (χ4v) is 4.66. The van der Waals surface area contributed by atoms with Crippen molar-refractivity contribution >= 4 is 17.5 Å². The number of urea groups is 1. The van der Waals surface area contributed by atoms with Crippen LogP contribution in [0, 0.1) is 0 Å². The Morgan fingerprint density at radius 3 is 2.72 bits per heavy atom. The largest absolute Gasteiger partial charge is 0.379 e. The van der Waals surface area contributed by atoms with Gasteiger partial charge in [0, 0.05) is 24.6 Å². The Bertz CT molecular complexity index is 942. The van der Waals surface area contributed by atoms with Crippen LogP contribution in [0.4, 0.5) is 10.5 Å². The Balaban J connectivity index is 1.39. The first-order valence-electron chi connectivity index (χ1n) is 10.4. The van der Waals surface area contributed by atoms with Gasteiger partial charge in [-0.3, -0.25) is 15.3 Å². The van der Waals surface area contributed by atoms with Crippen LogP contribution in [0.2, 0.25) is 0 Å². The van der Waals surface area contributed by atoms with Crippen LogP contribution in [0.1, 0.15) is 59.6 Å². The molecule has 1 aliphatic heterocycles. The summed E-state index contributed by atoms with van der Waals surface area (Å²) in [6.45, 7) is 2.45. The van der Waals surface area contributed by atoms with E-state index >= 15 is 0 Å². The lowest BCUT2D eigenvalue weighted by Crippen LogP contribution is -2.49. The highest BCUT2D eigenvalue weighted by molar-refractivity contribution is 6.25. The molecular weight excluding hydrogens is 370 g/mol. The number of H-pyrrole nitrogens is 1. The first-order chi connectivity index (χ1) is 14.2. The Morgan fingerprint density at radius 2 is 1.93 bits per heavy atom. The molecule has 3 N–H and O–H groups in total. The van der Waals surface area contributed by atoms with Crippen molar-refractivity contribution in [2.24, 2.45) is 0 Å². The third kappa shape index (κ3) is 3.32. The van der Waals surface area contributed by atoms with Crippen LogP contribution >= 0.6 is 0 Å². The van der Waals surface area contributed by atoms with Crippen LogP contribution in [0.15, 0.2) is 18.2 Å². The smallest absolute Gasteiger partial charge is 0.333 e. The SMILES string of the molecule is O=C(Nc1cccc2c1C(=O)c1c-2n[nH]c1C1CCCCC1)NN1CCOCC1. The third-order valence-electron chi connectivity index (χ3n) is 6.10. The fourth-order valence-electron chi connectivity index (χ4n) is 4.66. The zero-order chi connectivity index (χ0) is 19.8. The number of hydrogen-bond donors (Lipinski definition) is 3. The molecule has 2 aliphatic carbocycles. The summed E-state index contributed by atoms with van der Waals surface area (Å²) in [5.41, 5.74) is 7.02. The highest BCUT2D eigenvalue weighted by Gasteiger charge is 2.37. The number of carbonyl (C=O) groups is 2. The molecule has 1 aromatic carbocycles.